The Morgan fingerprint density at radius 2 is 1.74 bits per heavy atom. The summed E-state index contributed by atoms with van der Waals surface area (Å²) in [6.45, 7) is 9.10. The monoisotopic (exact) mass is 833 g/mol. The largest absolute Gasteiger partial charge is 0.488 e. The molecule has 15 heteroatoms. The van der Waals surface area contributed by atoms with Gasteiger partial charge in [0.1, 0.15) is 30.3 Å². The number of likely N-dealkylation sites (tertiary alicyclic amines) is 2. The van der Waals surface area contributed by atoms with Crippen molar-refractivity contribution in [1.29, 1.82) is 0 Å². The number of amides is 4. The van der Waals surface area contributed by atoms with Crippen LogP contribution in [-0.4, -0.2) is 108 Å². The van der Waals surface area contributed by atoms with Crippen molar-refractivity contribution in [3.8, 4) is 28.1 Å². The number of hydrogen-bond donors (Lipinski definition) is 3. The summed E-state index contributed by atoms with van der Waals surface area (Å²) in [7, 11) is 4.25. The smallest absolute Gasteiger partial charge is 0.407 e. The third-order valence-corrected chi connectivity index (χ3v) is 13.0. The molecule has 3 N–H and O–H groups in total. The highest BCUT2D eigenvalue weighted by Crippen LogP contribution is 2.45. The van der Waals surface area contributed by atoms with Crippen LogP contribution in [0, 0.1) is 11.8 Å². The number of methoxy groups -OCH3 is 3. The summed E-state index contributed by atoms with van der Waals surface area (Å²) in [5, 5.41) is 7.53. The van der Waals surface area contributed by atoms with E-state index >= 15 is 0 Å². The first-order valence-electron chi connectivity index (χ1n) is 21.2. The van der Waals surface area contributed by atoms with Crippen LogP contribution < -0.4 is 15.4 Å². The highest BCUT2D eigenvalue weighted by atomic mass is 16.5. The number of aromatic nitrogens is 2. The molecule has 0 saturated carbocycles. The number of aromatic amines is 1. The molecule has 0 bridgehead atoms. The molecule has 0 unspecified atom stereocenters. The molecule has 0 spiro atoms. The van der Waals surface area contributed by atoms with Gasteiger partial charge in [0.15, 0.2) is 0 Å². The van der Waals surface area contributed by atoms with Gasteiger partial charge in [0, 0.05) is 43.3 Å². The number of ether oxygens (including phenoxy) is 4. The van der Waals surface area contributed by atoms with Gasteiger partial charge < -0.3 is 44.4 Å². The average molecular weight is 834 g/mol. The molecule has 322 valence electrons. The molecule has 61 heavy (non-hydrogen) atoms. The lowest BCUT2D eigenvalue weighted by atomic mass is 9.90. The summed E-state index contributed by atoms with van der Waals surface area (Å²) < 4.78 is 21.5. The summed E-state index contributed by atoms with van der Waals surface area (Å²) in [5.41, 5.74) is 7.88. The first-order chi connectivity index (χ1) is 29.4. The number of nitrogens with zero attached hydrogens (tertiary/aromatic N) is 4. The van der Waals surface area contributed by atoms with Gasteiger partial charge in [0.2, 0.25) is 11.8 Å². The van der Waals surface area contributed by atoms with Crippen molar-refractivity contribution in [2.24, 2.45) is 16.8 Å². The van der Waals surface area contributed by atoms with Crippen molar-refractivity contribution in [2.45, 2.75) is 96.6 Å². The van der Waals surface area contributed by atoms with E-state index in [0.29, 0.717) is 32.0 Å². The predicted octanol–water partition coefficient (Wildman–Crippen LogP) is 6.85. The van der Waals surface area contributed by atoms with Crippen LogP contribution in [0.15, 0.2) is 53.7 Å². The molecule has 0 radical (unpaired) electrons. The quantitative estimate of drug-likeness (QED) is 0.146. The minimum absolute atomic E-state index is 0.0148. The van der Waals surface area contributed by atoms with Crippen LogP contribution in [0.25, 0.3) is 33.2 Å². The number of benzene rings is 3. The molecule has 2 saturated heterocycles. The van der Waals surface area contributed by atoms with Crippen molar-refractivity contribution in [1.82, 2.24) is 30.4 Å². The van der Waals surface area contributed by atoms with Crippen LogP contribution in [0.5, 0.6) is 5.75 Å². The predicted molar refractivity (Wildman–Crippen MR) is 230 cm³/mol. The fraction of sp³-hybridized carbons (Fsp3) is 0.478. The van der Waals surface area contributed by atoms with Crippen molar-refractivity contribution in [3.63, 3.8) is 0 Å². The molecule has 4 aromatic rings. The number of H-pyrrole nitrogens is 1. The molecule has 7 atom stereocenters. The first kappa shape index (κ1) is 41.8. The second kappa shape index (κ2) is 17.2. The lowest BCUT2D eigenvalue weighted by molar-refractivity contribution is -0.137. The third kappa shape index (κ3) is 7.91. The Morgan fingerprint density at radius 1 is 0.951 bits per heavy atom. The molecular weight excluding hydrogens is 779 g/mol. The van der Waals surface area contributed by atoms with Gasteiger partial charge in [-0.1, -0.05) is 38.5 Å². The molecule has 8 rings (SSSR count). The summed E-state index contributed by atoms with van der Waals surface area (Å²) in [5.74, 6) is 1.27. The fourth-order valence-electron chi connectivity index (χ4n) is 9.58. The Labute approximate surface area is 355 Å². The number of nitrogens with one attached hydrogen (secondary N) is 3. The molecule has 1 aromatic heterocycles. The Balaban J connectivity index is 1.01. The zero-order valence-electron chi connectivity index (χ0n) is 35.9. The molecule has 4 amide bonds. The van der Waals surface area contributed by atoms with Gasteiger partial charge in [0.25, 0.3) is 0 Å². The van der Waals surface area contributed by atoms with Gasteiger partial charge in [-0.2, -0.15) is 0 Å². The molecule has 0 aliphatic carbocycles. The molecule has 15 nitrogen and oxygen atoms in total. The molecule has 4 aliphatic rings. The van der Waals surface area contributed by atoms with E-state index in [1.54, 1.807) is 14.0 Å². The van der Waals surface area contributed by atoms with Crippen LogP contribution >= 0.6 is 0 Å². The highest BCUT2D eigenvalue weighted by Gasteiger charge is 2.43. The van der Waals surface area contributed by atoms with E-state index in [1.807, 2.05) is 36.8 Å². The van der Waals surface area contributed by atoms with Gasteiger partial charge in [-0.25, -0.2) is 14.6 Å². The summed E-state index contributed by atoms with van der Waals surface area (Å²) >= 11 is 0. The molecular formula is C46H55N7O8. The van der Waals surface area contributed by atoms with E-state index < -0.39 is 24.3 Å². The summed E-state index contributed by atoms with van der Waals surface area (Å²) in [4.78, 5) is 68.9. The SMILES string of the molecule is CC[C@H](C)[C@H](NC(=O)OC)C(=O)N1[C@@H](C)CC[C@H]1c1ncc(-c2ccc3c(c2)COc2cc4c5c(ccc4cc2-3)N=C([C@@H]2C[C@H](COC)CN2C(=O)[C@H](C)NC(=O)OC)C5)[nH]1. The van der Waals surface area contributed by atoms with Crippen LogP contribution in [0.2, 0.25) is 0 Å². The van der Waals surface area contributed by atoms with Crippen LogP contribution in [0.4, 0.5) is 15.3 Å². The Morgan fingerprint density at radius 3 is 2.49 bits per heavy atom. The van der Waals surface area contributed by atoms with Crippen molar-refractivity contribution >= 4 is 46.2 Å². The number of aliphatic imine (C=N–C) groups is 1. The van der Waals surface area contributed by atoms with E-state index in [4.69, 9.17) is 28.9 Å². The van der Waals surface area contributed by atoms with Crippen LogP contribution in [0.1, 0.15) is 76.4 Å². The van der Waals surface area contributed by atoms with E-state index in [-0.39, 0.29) is 41.8 Å². The number of rotatable bonds is 11. The van der Waals surface area contributed by atoms with E-state index in [2.05, 4.69) is 58.1 Å². The Kier molecular flexibility index (Phi) is 11.8. The molecule has 3 aromatic carbocycles. The highest BCUT2D eigenvalue weighted by molar-refractivity contribution is 6.06. The number of hydrogen-bond acceptors (Lipinski definition) is 10. The van der Waals surface area contributed by atoms with E-state index in [9.17, 15) is 19.2 Å². The zero-order valence-corrected chi connectivity index (χ0v) is 35.9. The van der Waals surface area contributed by atoms with Crippen molar-refractivity contribution in [3.05, 3.63) is 65.6 Å². The first-order valence-corrected chi connectivity index (χ1v) is 21.2. The van der Waals surface area contributed by atoms with Crippen molar-refractivity contribution < 1.29 is 38.1 Å². The van der Waals surface area contributed by atoms with Gasteiger partial charge in [-0.05, 0) is 96.3 Å². The number of fused-ring (bicyclic) bond motifs is 6. The Bertz CT molecular complexity index is 2390. The maximum absolute atomic E-state index is 14.0. The van der Waals surface area contributed by atoms with E-state index in [1.165, 1.54) is 14.2 Å². The fourth-order valence-corrected chi connectivity index (χ4v) is 9.58. The maximum Gasteiger partial charge on any atom is 0.407 e. The van der Waals surface area contributed by atoms with Gasteiger partial charge in [-0.15, -0.1) is 0 Å². The molecule has 5 heterocycles. The van der Waals surface area contributed by atoms with E-state index in [0.717, 1.165) is 87.1 Å². The maximum atomic E-state index is 14.0. The normalized spacial score (nSPS) is 21.7. The van der Waals surface area contributed by atoms with Crippen LogP contribution in [-0.2, 0) is 36.8 Å². The van der Waals surface area contributed by atoms with Crippen molar-refractivity contribution in [2.75, 3.05) is 34.5 Å². The number of imidazole rings is 1. The lowest BCUT2D eigenvalue weighted by Gasteiger charge is -2.33. The second-order valence-corrected chi connectivity index (χ2v) is 16.9. The minimum atomic E-state index is -0.753. The third-order valence-electron chi connectivity index (χ3n) is 13.0. The standard InChI is InChI=1S/C46H55N7O8/c1-8-24(2)41(51-46(57)60-7)44(55)53-25(3)9-14-38(53)42-47-20-37(50-42)29-10-12-31-30(16-29)23-61-40-19-32-28(17-34(31)40)11-13-35-33(32)18-36(49-35)39-15-27(22-58-5)21-52(39)43(54)26(4)48-45(56)59-6/h10-13,16-17,19-20,24-27,38-39,41H,8-9,14-15,18,21-23H2,1-7H3,(H,47,50)(H,48,56)(H,51,57)/t24-,25-,26-,27-,38-,39-,41-/m0/s1. The van der Waals surface area contributed by atoms with Gasteiger partial charge >= 0.3 is 12.2 Å². The lowest BCUT2D eigenvalue weighted by Crippen LogP contribution is -2.53. The molecule has 4 aliphatic heterocycles. The number of carbonyl (C=O) groups excluding carboxylic acids is 4. The number of alkyl carbamates (subject to hydrolysis) is 2. The minimum Gasteiger partial charge on any atom is -0.488 e. The summed E-state index contributed by atoms with van der Waals surface area (Å²) in [6.07, 6.45) is 4.17. The topological polar surface area (TPSA) is 177 Å². The van der Waals surface area contributed by atoms with Gasteiger partial charge in [0.05, 0.1) is 50.5 Å². The number of carbonyl (C=O) groups is 4. The average Bonchev–Trinajstić information content (AvgIpc) is 4.09. The Hall–Kier alpha value is -5.96. The summed E-state index contributed by atoms with van der Waals surface area (Å²) in [6, 6.07) is 12.9. The second-order valence-electron chi connectivity index (χ2n) is 16.9. The van der Waals surface area contributed by atoms with Crippen LogP contribution in [0.3, 0.4) is 0 Å². The van der Waals surface area contributed by atoms with Gasteiger partial charge in [-0.3, -0.25) is 14.6 Å². The zero-order chi connectivity index (χ0) is 43.1. The molecule has 2 fully saturated rings.